The fourth-order valence-electron chi connectivity index (χ4n) is 2.59. The zero-order valence-electron chi connectivity index (χ0n) is 16.5. The molecule has 0 aliphatic heterocycles. The molecule has 3 aromatic rings. The van der Waals surface area contributed by atoms with Crippen LogP contribution in [0.25, 0.3) is 17.5 Å². The molecule has 3 rings (SSSR count). The first-order chi connectivity index (χ1) is 14.5. The summed E-state index contributed by atoms with van der Waals surface area (Å²) in [4.78, 5) is 11.9. The number of halogens is 1. The zero-order valence-corrected chi connectivity index (χ0v) is 18.1. The van der Waals surface area contributed by atoms with Crippen LogP contribution < -0.4 is 14.2 Å². The number of aromatic nitrogens is 2. The molecule has 30 heavy (non-hydrogen) atoms. The van der Waals surface area contributed by atoms with Crippen LogP contribution in [-0.2, 0) is 16.1 Å². The highest BCUT2D eigenvalue weighted by atomic mass is 79.9. The van der Waals surface area contributed by atoms with Gasteiger partial charge in [0.25, 0.3) is 5.89 Å². The summed E-state index contributed by atoms with van der Waals surface area (Å²) in [5.74, 6) is 1.22. The van der Waals surface area contributed by atoms with Gasteiger partial charge in [-0.25, -0.2) is 4.79 Å². The summed E-state index contributed by atoms with van der Waals surface area (Å²) < 4.78 is 27.6. The van der Waals surface area contributed by atoms with E-state index in [-0.39, 0.29) is 18.4 Å². The maximum atomic E-state index is 11.9. The quantitative estimate of drug-likeness (QED) is 0.352. The van der Waals surface area contributed by atoms with Crippen molar-refractivity contribution >= 4 is 28.0 Å². The molecule has 0 aliphatic carbocycles. The van der Waals surface area contributed by atoms with Gasteiger partial charge in [0, 0.05) is 16.1 Å². The van der Waals surface area contributed by atoms with Gasteiger partial charge in [0.2, 0.25) is 11.6 Å². The summed E-state index contributed by atoms with van der Waals surface area (Å²) in [6.45, 7) is -0.154. The third-order valence-electron chi connectivity index (χ3n) is 3.98. The zero-order chi connectivity index (χ0) is 21.5. The number of methoxy groups -OCH3 is 3. The first kappa shape index (κ1) is 21.4. The van der Waals surface area contributed by atoms with E-state index in [1.807, 2.05) is 24.3 Å². The summed E-state index contributed by atoms with van der Waals surface area (Å²) in [6, 6.07) is 10.9. The monoisotopic (exact) mass is 474 g/mol. The van der Waals surface area contributed by atoms with E-state index in [0.29, 0.717) is 22.8 Å². The molecule has 0 unspecified atom stereocenters. The topological polar surface area (TPSA) is 92.9 Å². The van der Waals surface area contributed by atoms with E-state index in [1.54, 1.807) is 18.2 Å². The third kappa shape index (κ3) is 5.18. The lowest BCUT2D eigenvalue weighted by molar-refractivity contribution is -0.139. The van der Waals surface area contributed by atoms with Gasteiger partial charge in [0.05, 0.1) is 21.3 Å². The lowest BCUT2D eigenvalue weighted by Crippen LogP contribution is -2.00. The Kier molecular flexibility index (Phi) is 7.08. The number of rotatable bonds is 8. The number of carbonyl (C=O) groups excluding carboxylic acids is 1. The Morgan fingerprint density at radius 2 is 1.80 bits per heavy atom. The van der Waals surface area contributed by atoms with E-state index in [4.69, 9.17) is 23.4 Å². The van der Waals surface area contributed by atoms with Crippen molar-refractivity contribution in [3.05, 3.63) is 58.4 Å². The molecule has 0 saturated heterocycles. The number of nitrogens with zero attached hydrogens (tertiary/aromatic N) is 2. The van der Waals surface area contributed by atoms with E-state index in [1.165, 1.54) is 27.4 Å². The van der Waals surface area contributed by atoms with Crippen molar-refractivity contribution < 1.29 is 28.2 Å². The molecule has 0 aliphatic rings. The van der Waals surface area contributed by atoms with Gasteiger partial charge in [0.1, 0.15) is 0 Å². The van der Waals surface area contributed by atoms with E-state index in [2.05, 4.69) is 26.1 Å². The fourth-order valence-corrected chi connectivity index (χ4v) is 3.01. The Bertz CT molecular complexity index is 1040. The first-order valence-corrected chi connectivity index (χ1v) is 9.56. The molecule has 0 spiro atoms. The molecule has 0 amide bonds. The molecule has 1 aromatic heterocycles. The van der Waals surface area contributed by atoms with Crippen LogP contribution in [-0.4, -0.2) is 37.5 Å². The largest absolute Gasteiger partial charge is 0.493 e. The Morgan fingerprint density at radius 1 is 1.07 bits per heavy atom. The summed E-state index contributed by atoms with van der Waals surface area (Å²) >= 11 is 3.38. The van der Waals surface area contributed by atoms with Gasteiger partial charge >= 0.3 is 5.97 Å². The Labute approximate surface area is 181 Å². The van der Waals surface area contributed by atoms with Crippen LogP contribution in [0.1, 0.15) is 11.5 Å². The lowest BCUT2D eigenvalue weighted by atomic mass is 10.2. The molecule has 0 fully saturated rings. The minimum absolute atomic E-state index is 0.154. The molecule has 8 nitrogen and oxygen atoms in total. The summed E-state index contributed by atoms with van der Waals surface area (Å²) in [6.07, 6.45) is 2.99. The van der Waals surface area contributed by atoms with Gasteiger partial charge in [-0.3, -0.25) is 0 Å². The molecular formula is C21H19BrN2O6. The molecule has 2 aromatic carbocycles. The van der Waals surface area contributed by atoms with E-state index >= 15 is 0 Å². The SMILES string of the molecule is COc1cc(-c2nnc(COC(=O)/C=C/c3cccc(Br)c3)o2)cc(OC)c1OC. The fraction of sp³-hybridized carbons (Fsp3) is 0.190. The van der Waals surface area contributed by atoms with Crippen LogP contribution in [0.2, 0.25) is 0 Å². The summed E-state index contributed by atoms with van der Waals surface area (Å²) in [5.41, 5.74) is 1.44. The molecule has 0 atom stereocenters. The summed E-state index contributed by atoms with van der Waals surface area (Å²) in [7, 11) is 4.55. The van der Waals surface area contributed by atoms with Gasteiger partial charge in [-0.05, 0) is 35.9 Å². The number of hydrogen-bond acceptors (Lipinski definition) is 8. The average molecular weight is 475 g/mol. The number of carbonyl (C=O) groups is 1. The van der Waals surface area contributed by atoms with Crippen molar-refractivity contribution in [2.45, 2.75) is 6.61 Å². The van der Waals surface area contributed by atoms with Crippen molar-refractivity contribution in [1.29, 1.82) is 0 Å². The normalized spacial score (nSPS) is 10.8. The van der Waals surface area contributed by atoms with Crippen molar-refractivity contribution in [1.82, 2.24) is 10.2 Å². The van der Waals surface area contributed by atoms with E-state index in [0.717, 1.165) is 10.0 Å². The van der Waals surface area contributed by atoms with Crippen LogP contribution in [0.3, 0.4) is 0 Å². The highest BCUT2D eigenvalue weighted by Gasteiger charge is 2.17. The molecular weight excluding hydrogens is 456 g/mol. The second kappa shape index (κ2) is 9.93. The predicted octanol–water partition coefficient (Wildman–Crippen LogP) is 4.28. The smallest absolute Gasteiger partial charge is 0.331 e. The van der Waals surface area contributed by atoms with Gasteiger partial charge in [-0.2, -0.15) is 0 Å². The van der Waals surface area contributed by atoms with Crippen LogP contribution in [0, 0.1) is 0 Å². The van der Waals surface area contributed by atoms with E-state index < -0.39 is 5.97 Å². The number of ether oxygens (including phenoxy) is 4. The minimum atomic E-state index is -0.525. The van der Waals surface area contributed by atoms with Crippen LogP contribution >= 0.6 is 15.9 Å². The summed E-state index contributed by atoms with van der Waals surface area (Å²) in [5, 5.41) is 7.90. The van der Waals surface area contributed by atoms with Crippen LogP contribution in [0.5, 0.6) is 17.2 Å². The molecule has 0 N–H and O–H groups in total. The number of esters is 1. The van der Waals surface area contributed by atoms with Crippen molar-refractivity contribution in [2.75, 3.05) is 21.3 Å². The molecule has 0 saturated carbocycles. The Balaban J connectivity index is 1.67. The van der Waals surface area contributed by atoms with E-state index in [9.17, 15) is 4.79 Å². The van der Waals surface area contributed by atoms with Gasteiger partial charge in [0.15, 0.2) is 18.1 Å². The minimum Gasteiger partial charge on any atom is -0.493 e. The molecule has 9 heteroatoms. The molecule has 0 radical (unpaired) electrons. The molecule has 156 valence electrons. The van der Waals surface area contributed by atoms with Crippen molar-refractivity contribution in [2.24, 2.45) is 0 Å². The van der Waals surface area contributed by atoms with Crippen molar-refractivity contribution in [3.63, 3.8) is 0 Å². The lowest BCUT2D eigenvalue weighted by Gasteiger charge is -2.12. The first-order valence-electron chi connectivity index (χ1n) is 8.77. The maximum Gasteiger partial charge on any atom is 0.331 e. The van der Waals surface area contributed by atoms with Crippen molar-refractivity contribution in [3.8, 4) is 28.7 Å². The standard InChI is InChI=1S/C21H19BrN2O6/c1-26-16-10-14(11-17(27-2)20(16)28-3)21-24-23-18(30-21)12-29-19(25)8-7-13-5-4-6-15(22)9-13/h4-11H,12H2,1-3H3/b8-7+. The predicted molar refractivity (Wildman–Crippen MR) is 112 cm³/mol. The number of benzene rings is 2. The Hall–Kier alpha value is -3.33. The second-order valence-electron chi connectivity index (χ2n) is 5.91. The number of hydrogen-bond donors (Lipinski definition) is 0. The molecule has 0 bridgehead atoms. The van der Waals surface area contributed by atoms with Gasteiger partial charge < -0.3 is 23.4 Å². The van der Waals surface area contributed by atoms with Crippen LogP contribution in [0.4, 0.5) is 0 Å². The average Bonchev–Trinajstić information content (AvgIpc) is 3.24. The molecule has 1 heterocycles. The highest BCUT2D eigenvalue weighted by molar-refractivity contribution is 9.10. The Morgan fingerprint density at radius 3 is 2.43 bits per heavy atom. The maximum absolute atomic E-state index is 11.9. The van der Waals surface area contributed by atoms with Gasteiger partial charge in [-0.1, -0.05) is 28.1 Å². The third-order valence-corrected chi connectivity index (χ3v) is 4.47. The van der Waals surface area contributed by atoms with Gasteiger partial charge in [-0.15, -0.1) is 10.2 Å². The van der Waals surface area contributed by atoms with Crippen LogP contribution in [0.15, 0.2) is 51.4 Å². The highest BCUT2D eigenvalue weighted by Crippen LogP contribution is 2.40. The second-order valence-corrected chi connectivity index (χ2v) is 6.83.